The van der Waals surface area contributed by atoms with Crippen LogP contribution in [0.5, 0.6) is 11.8 Å². The number of nitriles is 1. The van der Waals surface area contributed by atoms with E-state index in [1.54, 1.807) is 0 Å². The van der Waals surface area contributed by atoms with Gasteiger partial charge in [0.2, 0.25) is 11.9 Å². The van der Waals surface area contributed by atoms with Gasteiger partial charge in [0.05, 0.1) is 17.3 Å². The maximum absolute atomic E-state index is 14.2. The third-order valence-corrected chi connectivity index (χ3v) is 3.72. The molecule has 0 aliphatic carbocycles. The molecule has 0 unspecified atom stereocenters. The summed E-state index contributed by atoms with van der Waals surface area (Å²) in [5.74, 6) is 0.437. The van der Waals surface area contributed by atoms with E-state index in [2.05, 4.69) is 25.6 Å². The minimum atomic E-state index is -0.580. The first-order valence-corrected chi connectivity index (χ1v) is 8.78. The van der Waals surface area contributed by atoms with Gasteiger partial charge in [-0.3, -0.25) is 0 Å². The van der Waals surface area contributed by atoms with Gasteiger partial charge in [-0.15, -0.1) is 0 Å². The molecule has 8 heteroatoms. The van der Waals surface area contributed by atoms with Crippen molar-refractivity contribution in [1.29, 1.82) is 5.26 Å². The van der Waals surface area contributed by atoms with Crippen LogP contribution in [0.15, 0.2) is 42.5 Å². The van der Waals surface area contributed by atoms with Crippen molar-refractivity contribution in [2.24, 2.45) is 0 Å². The Morgan fingerprint density at radius 1 is 1.07 bits per heavy atom. The van der Waals surface area contributed by atoms with Crippen LogP contribution in [0, 0.1) is 24.1 Å². The van der Waals surface area contributed by atoms with E-state index >= 15 is 0 Å². The van der Waals surface area contributed by atoms with Crippen LogP contribution in [0.4, 0.5) is 22.0 Å². The molecule has 1 aromatic heterocycles. The Balaban J connectivity index is 1.88. The average Bonchev–Trinajstić information content (AvgIpc) is 2.69. The topological polar surface area (TPSA) is 95.8 Å². The number of aryl methyl sites for hydroxylation is 1. The number of anilines is 3. The number of halogens is 1. The van der Waals surface area contributed by atoms with Crippen molar-refractivity contribution in [1.82, 2.24) is 15.0 Å². The Morgan fingerprint density at radius 3 is 2.50 bits per heavy atom. The lowest BCUT2D eigenvalue weighted by Gasteiger charge is -2.11. The van der Waals surface area contributed by atoms with Gasteiger partial charge < -0.3 is 15.4 Å². The van der Waals surface area contributed by atoms with Crippen molar-refractivity contribution in [3.63, 3.8) is 0 Å². The summed E-state index contributed by atoms with van der Waals surface area (Å²) in [5, 5.41) is 14.7. The normalized spacial score (nSPS) is 10.2. The standard InChI is InChI=1S/C20H19FN6O/c1-3-10-23-18-25-19(24-17-9-6-14(12-22)11-16(17)21)27-20(26-18)28-15-7-4-13(2)5-8-15/h4-9,11H,3,10H2,1-2H3,(H2,23,24,25,26,27). The molecule has 0 saturated heterocycles. The third-order valence-electron chi connectivity index (χ3n) is 3.72. The van der Waals surface area contributed by atoms with Crippen LogP contribution in [0.3, 0.4) is 0 Å². The van der Waals surface area contributed by atoms with Crippen molar-refractivity contribution in [2.45, 2.75) is 20.3 Å². The molecule has 7 nitrogen and oxygen atoms in total. The largest absolute Gasteiger partial charge is 0.424 e. The van der Waals surface area contributed by atoms with Gasteiger partial charge in [0.15, 0.2) is 0 Å². The number of nitrogens with zero attached hydrogens (tertiary/aromatic N) is 4. The van der Waals surface area contributed by atoms with E-state index in [-0.39, 0.29) is 23.2 Å². The highest BCUT2D eigenvalue weighted by atomic mass is 19.1. The van der Waals surface area contributed by atoms with Gasteiger partial charge in [-0.1, -0.05) is 24.6 Å². The highest BCUT2D eigenvalue weighted by Crippen LogP contribution is 2.23. The molecule has 142 valence electrons. The number of aromatic nitrogens is 3. The number of ether oxygens (including phenoxy) is 1. The molecule has 0 amide bonds. The molecule has 3 aromatic rings. The smallest absolute Gasteiger partial charge is 0.328 e. The molecule has 2 N–H and O–H groups in total. The maximum Gasteiger partial charge on any atom is 0.328 e. The fourth-order valence-electron chi connectivity index (χ4n) is 2.29. The second kappa shape index (κ2) is 8.77. The molecule has 3 rings (SSSR count). The van der Waals surface area contributed by atoms with Crippen LogP contribution in [-0.4, -0.2) is 21.5 Å². The fraction of sp³-hybridized carbons (Fsp3) is 0.200. The molecule has 0 bridgehead atoms. The summed E-state index contributed by atoms with van der Waals surface area (Å²) in [5.41, 5.74) is 1.48. The lowest BCUT2D eigenvalue weighted by Crippen LogP contribution is -2.09. The van der Waals surface area contributed by atoms with E-state index in [1.807, 2.05) is 44.2 Å². The summed E-state index contributed by atoms with van der Waals surface area (Å²) in [4.78, 5) is 12.7. The van der Waals surface area contributed by atoms with Gasteiger partial charge in [-0.25, -0.2) is 4.39 Å². The van der Waals surface area contributed by atoms with Crippen molar-refractivity contribution >= 4 is 17.6 Å². The molecule has 2 aromatic carbocycles. The number of hydrogen-bond acceptors (Lipinski definition) is 7. The molecule has 28 heavy (non-hydrogen) atoms. The molecule has 0 spiro atoms. The summed E-state index contributed by atoms with van der Waals surface area (Å²) >= 11 is 0. The first-order chi connectivity index (χ1) is 13.6. The quantitative estimate of drug-likeness (QED) is 0.623. The summed E-state index contributed by atoms with van der Waals surface area (Å²) in [6.07, 6.45) is 0.882. The lowest BCUT2D eigenvalue weighted by atomic mass is 10.2. The van der Waals surface area contributed by atoms with Crippen LogP contribution in [-0.2, 0) is 0 Å². The Morgan fingerprint density at radius 2 is 1.82 bits per heavy atom. The number of nitrogens with one attached hydrogen (secondary N) is 2. The van der Waals surface area contributed by atoms with Crippen molar-refractivity contribution in [3.05, 3.63) is 59.4 Å². The number of benzene rings is 2. The third kappa shape index (κ3) is 4.92. The molecule has 0 saturated carbocycles. The van der Waals surface area contributed by atoms with Gasteiger partial charge in [-0.05, 0) is 43.7 Å². The lowest BCUT2D eigenvalue weighted by molar-refractivity contribution is 0.441. The number of rotatable bonds is 7. The Bertz CT molecular complexity index is 1000. The molecule has 0 aliphatic heterocycles. The van der Waals surface area contributed by atoms with Gasteiger partial charge in [0.25, 0.3) is 0 Å². The highest BCUT2D eigenvalue weighted by molar-refractivity contribution is 5.57. The Kier molecular flexibility index (Phi) is 5.97. The van der Waals surface area contributed by atoms with Crippen LogP contribution in [0.2, 0.25) is 0 Å². The van der Waals surface area contributed by atoms with Crippen LogP contribution in [0.25, 0.3) is 0 Å². The average molecular weight is 378 g/mol. The second-order valence-corrected chi connectivity index (χ2v) is 6.04. The highest BCUT2D eigenvalue weighted by Gasteiger charge is 2.11. The maximum atomic E-state index is 14.2. The summed E-state index contributed by atoms with van der Waals surface area (Å²) in [6, 6.07) is 13.5. The van der Waals surface area contributed by atoms with E-state index in [9.17, 15) is 4.39 Å². The minimum Gasteiger partial charge on any atom is -0.424 e. The van der Waals surface area contributed by atoms with E-state index in [1.165, 1.54) is 12.1 Å². The molecule has 0 aliphatic rings. The monoisotopic (exact) mass is 378 g/mol. The molecule has 1 heterocycles. The number of hydrogen-bond donors (Lipinski definition) is 2. The Labute approximate surface area is 162 Å². The van der Waals surface area contributed by atoms with Crippen molar-refractivity contribution in [3.8, 4) is 17.8 Å². The van der Waals surface area contributed by atoms with Gasteiger partial charge in [0.1, 0.15) is 11.6 Å². The SMILES string of the molecule is CCCNc1nc(Nc2ccc(C#N)cc2F)nc(Oc2ccc(C)cc2)n1. The van der Waals surface area contributed by atoms with E-state index in [4.69, 9.17) is 10.00 Å². The first-order valence-electron chi connectivity index (χ1n) is 8.78. The van der Waals surface area contributed by atoms with E-state index in [0.29, 0.717) is 18.2 Å². The fourth-order valence-corrected chi connectivity index (χ4v) is 2.29. The van der Waals surface area contributed by atoms with E-state index < -0.39 is 5.82 Å². The second-order valence-electron chi connectivity index (χ2n) is 6.04. The minimum absolute atomic E-state index is 0.0778. The van der Waals surface area contributed by atoms with Crippen molar-refractivity contribution < 1.29 is 9.13 Å². The zero-order chi connectivity index (χ0) is 19.9. The van der Waals surface area contributed by atoms with Crippen molar-refractivity contribution in [2.75, 3.05) is 17.2 Å². The summed E-state index contributed by atoms with van der Waals surface area (Å²) in [7, 11) is 0. The molecular formula is C20H19FN6O. The van der Waals surface area contributed by atoms with Crippen LogP contribution in [0.1, 0.15) is 24.5 Å². The van der Waals surface area contributed by atoms with Gasteiger partial charge in [0, 0.05) is 6.54 Å². The van der Waals surface area contributed by atoms with Crippen LogP contribution >= 0.6 is 0 Å². The van der Waals surface area contributed by atoms with Gasteiger partial charge in [-0.2, -0.15) is 20.2 Å². The van der Waals surface area contributed by atoms with E-state index in [0.717, 1.165) is 18.1 Å². The van der Waals surface area contributed by atoms with Gasteiger partial charge >= 0.3 is 6.01 Å². The Hall–Kier alpha value is -3.73. The van der Waals surface area contributed by atoms with Crippen LogP contribution < -0.4 is 15.4 Å². The summed E-state index contributed by atoms with van der Waals surface area (Å²) in [6.45, 7) is 4.66. The zero-order valence-corrected chi connectivity index (χ0v) is 15.5. The molecular weight excluding hydrogens is 359 g/mol. The summed E-state index contributed by atoms with van der Waals surface area (Å²) < 4.78 is 19.9. The predicted octanol–water partition coefficient (Wildman–Crippen LogP) is 4.55. The predicted molar refractivity (Wildman–Crippen MR) is 104 cm³/mol. The molecule has 0 atom stereocenters. The zero-order valence-electron chi connectivity index (χ0n) is 15.5. The molecule has 0 radical (unpaired) electrons. The first kappa shape index (κ1) is 19.0. The molecule has 0 fully saturated rings.